The zero-order valence-electron chi connectivity index (χ0n) is 16.9. The van der Waals surface area contributed by atoms with Crippen molar-refractivity contribution >= 4 is 15.9 Å². The predicted octanol–water partition coefficient (Wildman–Crippen LogP) is 2.78. The van der Waals surface area contributed by atoms with Crippen LogP contribution in [0.2, 0.25) is 0 Å². The first kappa shape index (κ1) is 23.7. The van der Waals surface area contributed by atoms with E-state index in [9.17, 15) is 26.4 Å². The summed E-state index contributed by atoms with van der Waals surface area (Å²) in [6.45, 7) is -1.08. The summed E-state index contributed by atoms with van der Waals surface area (Å²) in [4.78, 5) is 13.4. The van der Waals surface area contributed by atoms with Gasteiger partial charge in [-0.2, -0.15) is 22.7 Å². The minimum absolute atomic E-state index is 0.152. The van der Waals surface area contributed by atoms with E-state index < -0.39 is 28.7 Å². The molecule has 7 nitrogen and oxygen atoms in total. The van der Waals surface area contributed by atoms with E-state index in [2.05, 4.69) is 0 Å². The van der Waals surface area contributed by atoms with Crippen LogP contribution in [0.3, 0.4) is 0 Å². The molecule has 0 saturated carbocycles. The van der Waals surface area contributed by atoms with Gasteiger partial charge < -0.3 is 9.64 Å². The second-order valence-corrected chi connectivity index (χ2v) is 9.07. The van der Waals surface area contributed by atoms with Crippen molar-refractivity contribution < 1.29 is 31.1 Å². The van der Waals surface area contributed by atoms with E-state index in [-0.39, 0.29) is 43.3 Å². The van der Waals surface area contributed by atoms with Crippen LogP contribution in [0.15, 0.2) is 53.4 Å². The molecule has 0 N–H and O–H groups in total. The third-order valence-electron chi connectivity index (χ3n) is 4.80. The molecule has 1 saturated heterocycles. The van der Waals surface area contributed by atoms with Gasteiger partial charge in [0, 0.05) is 25.2 Å². The molecule has 2 aromatic carbocycles. The largest absolute Gasteiger partial charge is 0.406 e. The molecule has 11 heteroatoms. The Hall–Kier alpha value is -2.94. The number of alkyl halides is 3. The van der Waals surface area contributed by atoms with Crippen molar-refractivity contribution in [3.8, 4) is 6.07 Å². The predicted molar refractivity (Wildman–Crippen MR) is 108 cm³/mol. The highest BCUT2D eigenvalue weighted by molar-refractivity contribution is 7.89. The number of amides is 1. The first-order valence-electron chi connectivity index (χ1n) is 9.63. The Morgan fingerprint density at radius 2 is 1.78 bits per heavy atom. The van der Waals surface area contributed by atoms with Crippen LogP contribution in [-0.2, 0) is 21.3 Å². The lowest BCUT2D eigenvalue weighted by molar-refractivity contribution is -0.141. The summed E-state index contributed by atoms with van der Waals surface area (Å²) in [5.41, 5.74) is 0.569. The van der Waals surface area contributed by atoms with Crippen molar-refractivity contribution in [1.82, 2.24) is 9.21 Å². The van der Waals surface area contributed by atoms with Gasteiger partial charge in [0.15, 0.2) is 0 Å². The van der Waals surface area contributed by atoms with E-state index in [1.165, 1.54) is 46.8 Å². The second kappa shape index (κ2) is 9.68. The van der Waals surface area contributed by atoms with Crippen LogP contribution >= 0.6 is 0 Å². The molecule has 3 rings (SSSR count). The number of sulfonamides is 1. The average molecular weight is 467 g/mol. The summed E-state index contributed by atoms with van der Waals surface area (Å²) in [7, 11) is -3.92. The zero-order valence-corrected chi connectivity index (χ0v) is 17.7. The van der Waals surface area contributed by atoms with Crippen LogP contribution in [-0.4, -0.2) is 62.6 Å². The van der Waals surface area contributed by atoms with Crippen LogP contribution in [0.25, 0.3) is 0 Å². The van der Waals surface area contributed by atoms with Gasteiger partial charge in [0.2, 0.25) is 10.0 Å². The fourth-order valence-electron chi connectivity index (χ4n) is 3.23. The topological polar surface area (TPSA) is 90.7 Å². The molecule has 0 spiro atoms. The van der Waals surface area contributed by atoms with Gasteiger partial charge >= 0.3 is 6.18 Å². The van der Waals surface area contributed by atoms with Gasteiger partial charge in [0.25, 0.3) is 5.91 Å². The Kier molecular flexibility index (Phi) is 7.18. The van der Waals surface area contributed by atoms with Gasteiger partial charge in [-0.05, 0) is 35.9 Å². The van der Waals surface area contributed by atoms with E-state index >= 15 is 0 Å². The Bertz CT molecular complexity index is 1110. The number of carbonyl (C=O) groups is 1. The van der Waals surface area contributed by atoms with Crippen LogP contribution < -0.4 is 0 Å². The molecule has 32 heavy (non-hydrogen) atoms. The van der Waals surface area contributed by atoms with Crippen molar-refractivity contribution in [3.05, 3.63) is 65.2 Å². The highest BCUT2D eigenvalue weighted by atomic mass is 32.2. The fraction of sp³-hybridized carbons (Fsp3) is 0.333. The molecule has 0 bridgehead atoms. The number of morpholine rings is 1. The van der Waals surface area contributed by atoms with Gasteiger partial charge in [-0.15, -0.1) is 0 Å². The van der Waals surface area contributed by atoms with E-state index in [0.29, 0.717) is 16.0 Å². The molecule has 1 heterocycles. The SMILES string of the molecule is N#Cc1ccc(CN(CC(F)(F)F)C(=O)c2cccc(S(=O)(=O)N3CCOCC3)c2)cc1. The number of halogens is 3. The standard InChI is InChI=1S/C21H20F3N3O4S/c22-21(23,24)15-26(14-17-6-4-16(13-25)5-7-17)20(28)18-2-1-3-19(12-18)32(29,30)27-8-10-31-11-9-27/h1-7,12H,8-11,14-15H2. The van der Waals surface area contributed by atoms with Crippen molar-refractivity contribution in [2.45, 2.75) is 17.6 Å². The Balaban J connectivity index is 1.88. The van der Waals surface area contributed by atoms with Crippen molar-refractivity contribution in [2.24, 2.45) is 0 Å². The zero-order chi connectivity index (χ0) is 23.4. The smallest absolute Gasteiger partial charge is 0.379 e. The normalized spacial score (nSPS) is 15.2. The molecule has 0 aromatic heterocycles. The van der Waals surface area contributed by atoms with Crippen molar-refractivity contribution in [2.75, 3.05) is 32.8 Å². The molecule has 1 aliphatic rings. The van der Waals surface area contributed by atoms with Gasteiger partial charge in [-0.1, -0.05) is 18.2 Å². The summed E-state index contributed by atoms with van der Waals surface area (Å²) < 4.78 is 71.6. The van der Waals surface area contributed by atoms with E-state index in [1.807, 2.05) is 6.07 Å². The molecular weight excluding hydrogens is 447 g/mol. The second-order valence-electron chi connectivity index (χ2n) is 7.13. The monoisotopic (exact) mass is 467 g/mol. The maximum Gasteiger partial charge on any atom is 0.406 e. The Morgan fingerprint density at radius 1 is 1.12 bits per heavy atom. The molecule has 0 aliphatic carbocycles. The third kappa shape index (κ3) is 5.85. The highest BCUT2D eigenvalue weighted by Gasteiger charge is 2.34. The van der Waals surface area contributed by atoms with Crippen molar-refractivity contribution in [3.63, 3.8) is 0 Å². The van der Waals surface area contributed by atoms with E-state index in [1.54, 1.807) is 0 Å². The Labute approximate surface area is 183 Å². The van der Waals surface area contributed by atoms with Gasteiger partial charge in [-0.25, -0.2) is 8.42 Å². The lowest BCUT2D eigenvalue weighted by Gasteiger charge is -2.27. The lowest BCUT2D eigenvalue weighted by Crippen LogP contribution is -2.41. The summed E-state index contributed by atoms with van der Waals surface area (Å²) in [5.74, 6) is -0.953. The van der Waals surface area contributed by atoms with Crippen molar-refractivity contribution in [1.29, 1.82) is 5.26 Å². The summed E-state index contributed by atoms with van der Waals surface area (Å²) in [6, 6.07) is 12.7. The van der Waals surface area contributed by atoms with Gasteiger partial charge in [-0.3, -0.25) is 4.79 Å². The molecule has 1 fully saturated rings. The molecule has 0 atom stereocenters. The van der Waals surface area contributed by atoms with Gasteiger partial charge in [0.1, 0.15) is 6.54 Å². The maximum atomic E-state index is 13.2. The number of nitrogens with zero attached hydrogens (tertiary/aromatic N) is 3. The number of hydrogen-bond donors (Lipinski definition) is 0. The van der Waals surface area contributed by atoms with E-state index in [4.69, 9.17) is 10.00 Å². The lowest BCUT2D eigenvalue weighted by atomic mass is 10.1. The maximum absolute atomic E-state index is 13.2. The molecule has 0 unspecified atom stereocenters. The fourth-order valence-corrected chi connectivity index (χ4v) is 4.68. The molecule has 170 valence electrons. The number of nitriles is 1. The molecular formula is C21H20F3N3O4S. The highest BCUT2D eigenvalue weighted by Crippen LogP contribution is 2.23. The molecule has 0 radical (unpaired) electrons. The number of benzene rings is 2. The van der Waals surface area contributed by atoms with Crippen LogP contribution in [0.4, 0.5) is 13.2 Å². The summed E-state index contributed by atoms with van der Waals surface area (Å²) in [5, 5.41) is 8.86. The molecule has 1 aliphatic heterocycles. The summed E-state index contributed by atoms with van der Waals surface area (Å²) in [6.07, 6.45) is -4.65. The molecule has 2 aromatic rings. The Morgan fingerprint density at radius 3 is 2.38 bits per heavy atom. The van der Waals surface area contributed by atoms with Gasteiger partial charge in [0.05, 0.1) is 29.7 Å². The number of carbonyl (C=O) groups excluding carboxylic acids is 1. The number of ether oxygens (including phenoxy) is 1. The van der Waals surface area contributed by atoms with E-state index in [0.717, 1.165) is 6.07 Å². The van der Waals surface area contributed by atoms with Crippen LogP contribution in [0.5, 0.6) is 0 Å². The minimum Gasteiger partial charge on any atom is -0.379 e. The first-order chi connectivity index (χ1) is 15.1. The average Bonchev–Trinajstić information content (AvgIpc) is 2.78. The minimum atomic E-state index is -4.65. The number of rotatable bonds is 6. The first-order valence-corrected chi connectivity index (χ1v) is 11.1. The summed E-state index contributed by atoms with van der Waals surface area (Å²) >= 11 is 0. The van der Waals surface area contributed by atoms with Crippen LogP contribution in [0, 0.1) is 11.3 Å². The quantitative estimate of drug-likeness (QED) is 0.652. The number of hydrogen-bond acceptors (Lipinski definition) is 5. The van der Waals surface area contributed by atoms with Crippen LogP contribution in [0.1, 0.15) is 21.5 Å². The molecule has 1 amide bonds. The third-order valence-corrected chi connectivity index (χ3v) is 6.70.